The zero-order valence-electron chi connectivity index (χ0n) is 9.73. The molecule has 0 aliphatic rings. The van der Waals surface area contributed by atoms with Crippen molar-refractivity contribution >= 4 is 12.0 Å². The van der Waals surface area contributed by atoms with Crippen LogP contribution in [-0.2, 0) is 4.79 Å². The maximum absolute atomic E-state index is 10.4. The van der Waals surface area contributed by atoms with Crippen LogP contribution >= 0.6 is 0 Å². The summed E-state index contributed by atoms with van der Waals surface area (Å²) in [6, 6.07) is 5.60. The Morgan fingerprint density at radius 1 is 1.44 bits per heavy atom. The lowest BCUT2D eigenvalue weighted by Crippen LogP contribution is -2.06. The first kappa shape index (κ1) is 12.3. The van der Waals surface area contributed by atoms with Crippen LogP contribution in [0.1, 0.15) is 25.0 Å². The Balaban J connectivity index is 2.86. The lowest BCUT2D eigenvalue weighted by atomic mass is 10.1. The van der Waals surface area contributed by atoms with Crippen molar-refractivity contribution in [1.29, 1.82) is 0 Å². The third-order valence-electron chi connectivity index (χ3n) is 1.98. The Labute approximate surface area is 95.4 Å². The standard InChI is InChI=1S/C13H16O3/c1-9(2)16-12-6-4-11(8-10(12)3)5-7-13(14)15/h4-9H,1-3H3,(H,14,15)/b7-5+. The molecule has 0 saturated heterocycles. The van der Waals surface area contributed by atoms with Gasteiger partial charge in [0.1, 0.15) is 5.75 Å². The van der Waals surface area contributed by atoms with E-state index in [0.29, 0.717) is 0 Å². The smallest absolute Gasteiger partial charge is 0.328 e. The second kappa shape index (κ2) is 5.35. The van der Waals surface area contributed by atoms with E-state index in [2.05, 4.69) is 0 Å². The van der Waals surface area contributed by atoms with Crippen molar-refractivity contribution in [2.45, 2.75) is 26.9 Å². The molecule has 0 spiro atoms. The number of carboxylic acid groups (broad SMARTS) is 1. The Morgan fingerprint density at radius 3 is 2.62 bits per heavy atom. The minimum Gasteiger partial charge on any atom is -0.491 e. The number of carbonyl (C=O) groups is 1. The fourth-order valence-electron chi connectivity index (χ4n) is 1.33. The molecule has 16 heavy (non-hydrogen) atoms. The monoisotopic (exact) mass is 220 g/mol. The van der Waals surface area contributed by atoms with E-state index in [1.165, 1.54) is 0 Å². The van der Waals surface area contributed by atoms with Gasteiger partial charge >= 0.3 is 5.97 Å². The highest BCUT2D eigenvalue weighted by atomic mass is 16.5. The number of carboxylic acids is 1. The van der Waals surface area contributed by atoms with Gasteiger partial charge in [0.05, 0.1) is 6.10 Å². The zero-order chi connectivity index (χ0) is 12.1. The van der Waals surface area contributed by atoms with Crippen molar-refractivity contribution < 1.29 is 14.6 Å². The van der Waals surface area contributed by atoms with Crippen LogP contribution in [0.15, 0.2) is 24.3 Å². The van der Waals surface area contributed by atoms with Gasteiger partial charge in [-0.15, -0.1) is 0 Å². The molecule has 0 heterocycles. The van der Waals surface area contributed by atoms with Gasteiger partial charge in [0, 0.05) is 6.08 Å². The highest BCUT2D eigenvalue weighted by Crippen LogP contribution is 2.20. The molecule has 86 valence electrons. The molecule has 0 fully saturated rings. The molecule has 0 bridgehead atoms. The quantitative estimate of drug-likeness (QED) is 0.793. The number of hydrogen-bond donors (Lipinski definition) is 1. The Morgan fingerprint density at radius 2 is 2.12 bits per heavy atom. The van der Waals surface area contributed by atoms with Crippen LogP contribution in [0, 0.1) is 6.92 Å². The Kier molecular flexibility index (Phi) is 4.11. The van der Waals surface area contributed by atoms with Crippen LogP contribution in [0.5, 0.6) is 5.75 Å². The summed E-state index contributed by atoms with van der Waals surface area (Å²) in [6.07, 6.45) is 2.82. The summed E-state index contributed by atoms with van der Waals surface area (Å²) < 4.78 is 5.59. The minimum atomic E-state index is -0.944. The van der Waals surface area contributed by atoms with Crippen molar-refractivity contribution in [3.8, 4) is 5.75 Å². The molecule has 0 radical (unpaired) electrons. The van der Waals surface area contributed by atoms with E-state index < -0.39 is 5.97 Å². The second-order valence-electron chi connectivity index (χ2n) is 3.86. The van der Waals surface area contributed by atoms with E-state index in [4.69, 9.17) is 9.84 Å². The highest BCUT2D eigenvalue weighted by molar-refractivity contribution is 5.85. The molecular weight excluding hydrogens is 204 g/mol. The van der Waals surface area contributed by atoms with Crippen molar-refractivity contribution in [3.05, 3.63) is 35.4 Å². The number of rotatable bonds is 4. The minimum absolute atomic E-state index is 0.138. The molecule has 0 atom stereocenters. The van der Waals surface area contributed by atoms with E-state index in [0.717, 1.165) is 23.0 Å². The van der Waals surface area contributed by atoms with Gasteiger partial charge in [-0.25, -0.2) is 4.79 Å². The van der Waals surface area contributed by atoms with Crippen molar-refractivity contribution in [2.24, 2.45) is 0 Å². The van der Waals surface area contributed by atoms with Gasteiger partial charge in [-0.2, -0.15) is 0 Å². The topological polar surface area (TPSA) is 46.5 Å². The lowest BCUT2D eigenvalue weighted by Gasteiger charge is -2.12. The van der Waals surface area contributed by atoms with Crippen LogP contribution in [0.4, 0.5) is 0 Å². The molecule has 3 nitrogen and oxygen atoms in total. The summed E-state index contributed by atoms with van der Waals surface area (Å²) in [7, 11) is 0. The van der Waals surface area contributed by atoms with E-state index in [9.17, 15) is 4.79 Å². The van der Waals surface area contributed by atoms with Crippen molar-refractivity contribution in [1.82, 2.24) is 0 Å². The summed E-state index contributed by atoms with van der Waals surface area (Å²) in [5.41, 5.74) is 1.86. The molecule has 1 N–H and O–H groups in total. The molecule has 1 aromatic rings. The predicted molar refractivity (Wildman–Crippen MR) is 63.6 cm³/mol. The maximum atomic E-state index is 10.4. The summed E-state index contributed by atoms with van der Waals surface area (Å²) in [6.45, 7) is 5.88. The average Bonchev–Trinajstić information content (AvgIpc) is 2.18. The largest absolute Gasteiger partial charge is 0.491 e. The molecule has 3 heteroatoms. The van der Waals surface area contributed by atoms with Crippen LogP contribution in [0.25, 0.3) is 6.08 Å². The molecule has 0 aromatic heterocycles. The summed E-state index contributed by atoms with van der Waals surface area (Å²) >= 11 is 0. The molecule has 1 rings (SSSR count). The number of ether oxygens (including phenoxy) is 1. The van der Waals surface area contributed by atoms with Crippen LogP contribution in [0.3, 0.4) is 0 Å². The summed E-state index contributed by atoms with van der Waals surface area (Å²) in [5.74, 6) is -0.109. The Bertz CT molecular complexity index is 406. The second-order valence-corrected chi connectivity index (χ2v) is 3.86. The molecule has 0 aliphatic heterocycles. The van der Waals surface area contributed by atoms with Gasteiger partial charge in [0.15, 0.2) is 0 Å². The SMILES string of the molecule is Cc1cc(/C=C/C(=O)O)ccc1OC(C)C. The number of hydrogen-bond acceptors (Lipinski definition) is 2. The summed E-state index contributed by atoms with van der Waals surface area (Å²) in [5, 5.41) is 8.51. The fraction of sp³-hybridized carbons (Fsp3) is 0.308. The lowest BCUT2D eigenvalue weighted by molar-refractivity contribution is -0.131. The first-order valence-electron chi connectivity index (χ1n) is 5.17. The van der Waals surface area contributed by atoms with Gasteiger partial charge < -0.3 is 9.84 Å². The number of aryl methyl sites for hydroxylation is 1. The van der Waals surface area contributed by atoms with E-state index >= 15 is 0 Å². The van der Waals surface area contributed by atoms with Crippen LogP contribution in [-0.4, -0.2) is 17.2 Å². The molecule has 0 aliphatic carbocycles. The predicted octanol–water partition coefficient (Wildman–Crippen LogP) is 2.88. The Hall–Kier alpha value is -1.77. The molecule has 1 aromatic carbocycles. The normalized spacial score (nSPS) is 11.0. The van der Waals surface area contributed by atoms with E-state index in [1.807, 2.05) is 39.0 Å². The van der Waals surface area contributed by atoms with Gasteiger partial charge in [-0.3, -0.25) is 0 Å². The summed E-state index contributed by atoms with van der Waals surface area (Å²) in [4.78, 5) is 10.4. The van der Waals surface area contributed by atoms with Gasteiger partial charge in [0.2, 0.25) is 0 Å². The zero-order valence-corrected chi connectivity index (χ0v) is 9.73. The van der Waals surface area contributed by atoms with Crippen LogP contribution in [0.2, 0.25) is 0 Å². The molecular formula is C13H16O3. The van der Waals surface area contributed by atoms with Gasteiger partial charge in [-0.1, -0.05) is 6.07 Å². The van der Waals surface area contributed by atoms with Gasteiger partial charge in [-0.05, 0) is 50.1 Å². The van der Waals surface area contributed by atoms with Crippen molar-refractivity contribution in [3.63, 3.8) is 0 Å². The van der Waals surface area contributed by atoms with E-state index in [1.54, 1.807) is 6.08 Å². The average molecular weight is 220 g/mol. The highest BCUT2D eigenvalue weighted by Gasteiger charge is 2.02. The van der Waals surface area contributed by atoms with Gasteiger partial charge in [0.25, 0.3) is 0 Å². The maximum Gasteiger partial charge on any atom is 0.328 e. The third kappa shape index (κ3) is 3.77. The number of benzene rings is 1. The van der Waals surface area contributed by atoms with Crippen LogP contribution < -0.4 is 4.74 Å². The fourth-order valence-corrected chi connectivity index (χ4v) is 1.33. The first-order valence-corrected chi connectivity index (χ1v) is 5.17. The van der Waals surface area contributed by atoms with E-state index in [-0.39, 0.29) is 6.10 Å². The third-order valence-corrected chi connectivity index (χ3v) is 1.98. The number of aliphatic carboxylic acids is 1. The molecule has 0 amide bonds. The van der Waals surface area contributed by atoms with Crippen molar-refractivity contribution in [2.75, 3.05) is 0 Å². The molecule has 0 saturated carbocycles. The molecule has 0 unspecified atom stereocenters. The first-order chi connectivity index (χ1) is 7.49.